The van der Waals surface area contributed by atoms with Crippen LogP contribution in [0.1, 0.15) is 34.5 Å². The van der Waals surface area contributed by atoms with Crippen LogP contribution in [0.2, 0.25) is 0 Å². The van der Waals surface area contributed by atoms with E-state index in [9.17, 15) is 9.18 Å². The maximum Gasteiger partial charge on any atom is 0.256 e. The van der Waals surface area contributed by atoms with Crippen molar-refractivity contribution in [2.24, 2.45) is 11.5 Å². The Bertz CT molecular complexity index is 1190. The molecule has 0 saturated carbocycles. The van der Waals surface area contributed by atoms with Crippen LogP contribution in [0.4, 0.5) is 10.2 Å². The zero-order chi connectivity index (χ0) is 24.2. The van der Waals surface area contributed by atoms with E-state index in [2.05, 4.69) is 15.5 Å². The summed E-state index contributed by atoms with van der Waals surface area (Å²) < 4.78 is 14.8. The number of nitrogens with two attached hydrogens (primary N) is 2. The van der Waals surface area contributed by atoms with Gasteiger partial charge in [-0.25, -0.2) is 4.39 Å². The summed E-state index contributed by atoms with van der Waals surface area (Å²) in [6, 6.07) is 7.78. The molecule has 1 amide bonds. The molecule has 1 aromatic heterocycles. The van der Waals surface area contributed by atoms with Crippen molar-refractivity contribution >= 4 is 34.8 Å². The van der Waals surface area contributed by atoms with Crippen LogP contribution in [0, 0.1) is 16.6 Å². The first-order valence-electron chi connectivity index (χ1n) is 10.8. The number of nitrogens with zero attached hydrogens (tertiary/aromatic N) is 4. The summed E-state index contributed by atoms with van der Waals surface area (Å²) in [5.41, 5.74) is 14.1. The second-order valence-corrected chi connectivity index (χ2v) is 8.07. The maximum absolute atomic E-state index is 14.8. The summed E-state index contributed by atoms with van der Waals surface area (Å²) in [5, 5.41) is 25.9. The molecule has 0 aliphatic carbocycles. The lowest BCUT2D eigenvalue weighted by molar-refractivity contribution is 0.102. The number of hydrogen-bond acceptors (Lipinski definition) is 5. The minimum atomic E-state index is -0.486. The average Bonchev–Trinajstić information content (AvgIpc) is 2.84. The van der Waals surface area contributed by atoms with Gasteiger partial charge in [0.15, 0.2) is 17.7 Å². The van der Waals surface area contributed by atoms with E-state index in [1.807, 2.05) is 12.2 Å². The number of guanidine groups is 2. The van der Waals surface area contributed by atoms with Gasteiger partial charge in [-0.05, 0) is 48.3 Å². The Hall–Kier alpha value is -4.28. The molecule has 2 aliphatic heterocycles. The molecular weight excluding hydrogens is 437 g/mol. The van der Waals surface area contributed by atoms with Gasteiger partial charge < -0.3 is 26.6 Å². The number of rotatable bonds is 4. The van der Waals surface area contributed by atoms with Crippen LogP contribution in [-0.4, -0.2) is 64.0 Å². The van der Waals surface area contributed by atoms with Crippen molar-refractivity contribution in [1.29, 1.82) is 10.8 Å². The number of halogens is 1. The Morgan fingerprint density at radius 1 is 0.941 bits per heavy atom. The molecule has 2 aromatic rings. The molecule has 176 valence electrons. The summed E-state index contributed by atoms with van der Waals surface area (Å²) >= 11 is 0. The van der Waals surface area contributed by atoms with Crippen molar-refractivity contribution in [3.8, 4) is 0 Å². The van der Waals surface area contributed by atoms with Gasteiger partial charge in [0.1, 0.15) is 5.82 Å². The zero-order valence-electron chi connectivity index (χ0n) is 18.5. The van der Waals surface area contributed by atoms with Gasteiger partial charge in [-0.2, -0.15) is 0 Å². The molecular formula is C23H26FN9O. The fourth-order valence-corrected chi connectivity index (χ4v) is 3.93. The SMILES string of the molecule is N=C(N)N1CC=C(c2ccc(NC(=O)c3ccc(C4=CCN(C(=N)N)CC4)c(F)c3)nn2)CC1. The van der Waals surface area contributed by atoms with E-state index in [1.165, 1.54) is 6.07 Å². The topological polar surface area (TPSA) is 161 Å². The lowest BCUT2D eigenvalue weighted by Crippen LogP contribution is -2.39. The van der Waals surface area contributed by atoms with Gasteiger partial charge in [0.25, 0.3) is 5.91 Å². The summed E-state index contributed by atoms with van der Waals surface area (Å²) in [4.78, 5) is 16.1. The van der Waals surface area contributed by atoms with E-state index in [4.69, 9.17) is 22.3 Å². The van der Waals surface area contributed by atoms with Crippen LogP contribution in [0.5, 0.6) is 0 Å². The van der Waals surface area contributed by atoms with Gasteiger partial charge in [0.05, 0.1) is 5.69 Å². The number of anilines is 1. The van der Waals surface area contributed by atoms with Gasteiger partial charge in [-0.3, -0.25) is 15.6 Å². The molecule has 0 radical (unpaired) electrons. The molecule has 11 heteroatoms. The fraction of sp³-hybridized carbons (Fsp3) is 0.261. The highest BCUT2D eigenvalue weighted by Gasteiger charge is 2.18. The first-order chi connectivity index (χ1) is 16.3. The number of carbonyl (C=O) groups excluding carboxylic acids is 1. The van der Waals surface area contributed by atoms with Crippen LogP contribution < -0.4 is 16.8 Å². The normalized spacial score (nSPS) is 15.9. The Labute approximate surface area is 196 Å². The Morgan fingerprint density at radius 3 is 2.09 bits per heavy atom. The first kappa shape index (κ1) is 22.9. The third kappa shape index (κ3) is 5.03. The summed E-state index contributed by atoms with van der Waals surface area (Å²) in [7, 11) is 0. The average molecular weight is 464 g/mol. The third-order valence-electron chi connectivity index (χ3n) is 5.91. The third-order valence-corrected chi connectivity index (χ3v) is 5.91. The number of hydrogen-bond donors (Lipinski definition) is 5. The molecule has 0 bridgehead atoms. The molecule has 0 unspecified atom stereocenters. The molecule has 10 nitrogen and oxygen atoms in total. The van der Waals surface area contributed by atoms with Crippen LogP contribution in [0.25, 0.3) is 11.1 Å². The van der Waals surface area contributed by atoms with Gasteiger partial charge in [0, 0.05) is 37.3 Å². The second-order valence-electron chi connectivity index (χ2n) is 8.07. The highest BCUT2D eigenvalue weighted by molar-refractivity contribution is 6.04. The minimum absolute atomic E-state index is 0.00554. The predicted octanol–water partition coefficient (Wildman–Crippen LogP) is 1.83. The van der Waals surface area contributed by atoms with E-state index < -0.39 is 11.7 Å². The lowest BCUT2D eigenvalue weighted by Gasteiger charge is -2.26. The summed E-state index contributed by atoms with van der Waals surface area (Å²) in [6.07, 6.45) is 5.05. The van der Waals surface area contributed by atoms with E-state index in [0.717, 1.165) is 11.1 Å². The molecule has 34 heavy (non-hydrogen) atoms. The smallest absolute Gasteiger partial charge is 0.256 e. The number of aromatic nitrogens is 2. The van der Waals surface area contributed by atoms with Crippen LogP contribution >= 0.6 is 0 Å². The van der Waals surface area contributed by atoms with Crippen LogP contribution in [0.15, 0.2) is 42.5 Å². The Balaban J connectivity index is 1.40. The van der Waals surface area contributed by atoms with Gasteiger partial charge in [-0.15, -0.1) is 10.2 Å². The molecule has 0 fully saturated rings. The molecule has 2 aliphatic rings. The van der Waals surface area contributed by atoms with Gasteiger partial charge >= 0.3 is 0 Å². The first-order valence-corrected chi connectivity index (χ1v) is 10.8. The second kappa shape index (κ2) is 9.69. The maximum atomic E-state index is 14.8. The molecule has 0 atom stereocenters. The molecule has 7 N–H and O–H groups in total. The quantitative estimate of drug-likeness (QED) is 0.341. The number of nitrogens with one attached hydrogen (secondary N) is 3. The minimum Gasteiger partial charge on any atom is -0.370 e. The van der Waals surface area contributed by atoms with E-state index in [1.54, 1.807) is 34.1 Å². The standard InChI is InChI=1S/C23H26FN9O/c24-18-13-16(1-2-17(18)14-5-9-32(10-6-14)22(25)26)21(34)29-20-4-3-19(30-31-20)15-7-11-33(12-8-15)23(27)28/h1-5,7,13H,6,8-12H2,(H3,25,26)(H3,27,28)(H,29,31,34). The van der Waals surface area contributed by atoms with Crippen molar-refractivity contribution in [2.45, 2.75) is 12.8 Å². The molecule has 0 spiro atoms. The van der Waals surface area contributed by atoms with Crippen molar-refractivity contribution in [1.82, 2.24) is 20.0 Å². The summed E-state index contributed by atoms with van der Waals surface area (Å²) in [6.45, 7) is 2.17. The van der Waals surface area contributed by atoms with E-state index in [-0.39, 0.29) is 23.3 Å². The van der Waals surface area contributed by atoms with Crippen molar-refractivity contribution in [3.63, 3.8) is 0 Å². The largest absolute Gasteiger partial charge is 0.370 e. The van der Waals surface area contributed by atoms with Gasteiger partial charge in [-0.1, -0.05) is 18.2 Å². The van der Waals surface area contributed by atoms with Crippen LogP contribution in [0.3, 0.4) is 0 Å². The van der Waals surface area contributed by atoms with Crippen molar-refractivity contribution in [2.75, 3.05) is 31.5 Å². The van der Waals surface area contributed by atoms with Crippen molar-refractivity contribution < 1.29 is 9.18 Å². The summed E-state index contributed by atoms with van der Waals surface area (Å²) in [5.74, 6) is -0.672. The predicted molar refractivity (Wildman–Crippen MR) is 129 cm³/mol. The molecule has 1 aromatic carbocycles. The Kier molecular flexibility index (Phi) is 6.53. The highest BCUT2D eigenvalue weighted by atomic mass is 19.1. The van der Waals surface area contributed by atoms with E-state index in [0.29, 0.717) is 50.3 Å². The number of amides is 1. The Morgan fingerprint density at radius 2 is 1.59 bits per heavy atom. The van der Waals surface area contributed by atoms with Gasteiger partial charge in [0.2, 0.25) is 0 Å². The molecule has 3 heterocycles. The number of carbonyl (C=O) groups is 1. The van der Waals surface area contributed by atoms with Crippen LogP contribution in [-0.2, 0) is 0 Å². The van der Waals surface area contributed by atoms with Crippen molar-refractivity contribution in [3.05, 3.63) is 65.1 Å². The fourth-order valence-electron chi connectivity index (χ4n) is 3.93. The lowest BCUT2D eigenvalue weighted by atomic mass is 9.97. The highest BCUT2D eigenvalue weighted by Crippen LogP contribution is 2.26. The number of benzene rings is 1. The van der Waals surface area contributed by atoms with E-state index >= 15 is 0 Å². The molecule has 0 saturated heterocycles. The molecule has 4 rings (SSSR count). The zero-order valence-corrected chi connectivity index (χ0v) is 18.5. The monoisotopic (exact) mass is 463 g/mol.